The van der Waals surface area contributed by atoms with E-state index in [9.17, 15) is 4.39 Å². The van der Waals surface area contributed by atoms with E-state index in [4.69, 9.17) is 10.5 Å². The Morgan fingerprint density at radius 2 is 1.89 bits per heavy atom. The predicted molar refractivity (Wildman–Crippen MR) is 74.2 cm³/mol. The second-order valence-corrected chi connectivity index (χ2v) is 6.41. The Morgan fingerprint density at radius 3 is 2.50 bits per heavy atom. The number of hydrogen-bond acceptors (Lipinski definition) is 3. The van der Waals surface area contributed by atoms with Crippen LogP contribution in [0.4, 0.5) is 4.39 Å². The number of rotatable bonds is 4. The van der Waals surface area contributed by atoms with Crippen LogP contribution in [0.3, 0.4) is 0 Å². The molecule has 2 N–H and O–H groups in total. The van der Waals surface area contributed by atoms with E-state index in [-0.39, 0.29) is 11.9 Å². The molecule has 0 radical (unpaired) electrons. The summed E-state index contributed by atoms with van der Waals surface area (Å²) in [6.07, 6.45) is 2.20. The smallest absolute Gasteiger partial charge is 0.123 e. The molecule has 1 aromatic rings. The average Bonchev–Trinajstić information content (AvgIpc) is 2.40. The lowest BCUT2D eigenvalue weighted by Crippen LogP contribution is -2.26. The van der Waals surface area contributed by atoms with Crippen LogP contribution in [0.5, 0.6) is 0 Å². The lowest BCUT2D eigenvalue weighted by atomic mass is 10.1. The SMILES string of the molecule is CC(SC1CCOCC1)C(N)c1ccc(F)cc1. The fourth-order valence-electron chi connectivity index (χ4n) is 2.16. The second kappa shape index (κ2) is 6.55. The van der Waals surface area contributed by atoms with E-state index in [1.165, 1.54) is 12.1 Å². The molecule has 0 saturated carbocycles. The van der Waals surface area contributed by atoms with Crippen molar-refractivity contribution < 1.29 is 9.13 Å². The zero-order valence-electron chi connectivity index (χ0n) is 10.6. The van der Waals surface area contributed by atoms with Gasteiger partial charge in [-0.25, -0.2) is 4.39 Å². The summed E-state index contributed by atoms with van der Waals surface area (Å²) in [6, 6.07) is 6.46. The predicted octanol–water partition coefficient (Wildman–Crippen LogP) is 3.13. The first-order valence-corrected chi connectivity index (χ1v) is 7.35. The molecule has 1 aromatic carbocycles. The van der Waals surface area contributed by atoms with E-state index < -0.39 is 0 Å². The van der Waals surface area contributed by atoms with Crippen molar-refractivity contribution in [1.29, 1.82) is 0 Å². The van der Waals surface area contributed by atoms with Gasteiger partial charge in [-0.1, -0.05) is 19.1 Å². The molecule has 1 aliphatic rings. The van der Waals surface area contributed by atoms with Crippen LogP contribution in [0.25, 0.3) is 0 Å². The van der Waals surface area contributed by atoms with Gasteiger partial charge < -0.3 is 10.5 Å². The average molecular weight is 269 g/mol. The van der Waals surface area contributed by atoms with Crippen LogP contribution in [0.1, 0.15) is 31.4 Å². The molecule has 2 nitrogen and oxygen atoms in total. The summed E-state index contributed by atoms with van der Waals surface area (Å²) in [7, 11) is 0. The molecule has 100 valence electrons. The molecule has 0 aliphatic carbocycles. The van der Waals surface area contributed by atoms with Gasteiger partial charge in [0.25, 0.3) is 0 Å². The lowest BCUT2D eigenvalue weighted by molar-refractivity contribution is 0.0999. The van der Waals surface area contributed by atoms with Gasteiger partial charge in [0.05, 0.1) is 0 Å². The van der Waals surface area contributed by atoms with Crippen LogP contribution in [-0.2, 0) is 4.74 Å². The minimum Gasteiger partial charge on any atom is -0.381 e. The Labute approximate surface area is 112 Å². The first kappa shape index (κ1) is 13.8. The van der Waals surface area contributed by atoms with Crippen molar-refractivity contribution in [1.82, 2.24) is 0 Å². The summed E-state index contributed by atoms with van der Waals surface area (Å²) in [5, 5.41) is 0.971. The molecule has 2 unspecified atom stereocenters. The Kier molecular flexibility index (Phi) is 5.03. The highest BCUT2D eigenvalue weighted by atomic mass is 32.2. The summed E-state index contributed by atoms with van der Waals surface area (Å²) in [5.74, 6) is -0.212. The van der Waals surface area contributed by atoms with Crippen LogP contribution in [0.2, 0.25) is 0 Å². The Hall–Kier alpha value is -0.580. The van der Waals surface area contributed by atoms with Gasteiger partial charge in [0.15, 0.2) is 0 Å². The molecule has 18 heavy (non-hydrogen) atoms. The van der Waals surface area contributed by atoms with Crippen molar-refractivity contribution >= 4 is 11.8 Å². The second-order valence-electron chi connectivity index (χ2n) is 4.73. The summed E-state index contributed by atoms with van der Waals surface area (Å²) in [5.41, 5.74) is 7.23. The van der Waals surface area contributed by atoms with Crippen molar-refractivity contribution in [3.63, 3.8) is 0 Å². The molecule has 0 amide bonds. The Balaban J connectivity index is 1.91. The molecule has 1 heterocycles. The fourth-order valence-corrected chi connectivity index (χ4v) is 3.55. The van der Waals surface area contributed by atoms with Crippen molar-refractivity contribution in [3.8, 4) is 0 Å². The topological polar surface area (TPSA) is 35.2 Å². The van der Waals surface area contributed by atoms with Gasteiger partial charge in [-0.15, -0.1) is 0 Å². The molecule has 1 fully saturated rings. The standard InChI is InChI=1S/C14H20FNOS/c1-10(18-13-6-8-17-9-7-13)14(16)11-2-4-12(15)5-3-11/h2-5,10,13-14H,6-9,16H2,1H3. The van der Waals surface area contributed by atoms with Crippen molar-refractivity contribution in [2.75, 3.05) is 13.2 Å². The maximum absolute atomic E-state index is 12.9. The van der Waals surface area contributed by atoms with Crippen LogP contribution in [0, 0.1) is 5.82 Å². The third-order valence-corrected chi connectivity index (χ3v) is 4.91. The minimum absolute atomic E-state index is 0.0431. The van der Waals surface area contributed by atoms with E-state index >= 15 is 0 Å². The zero-order valence-corrected chi connectivity index (χ0v) is 11.5. The summed E-state index contributed by atoms with van der Waals surface area (Å²) >= 11 is 1.93. The maximum Gasteiger partial charge on any atom is 0.123 e. The molecule has 2 atom stereocenters. The highest BCUT2D eigenvalue weighted by Crippen LogP contribution is 2.32. The molecular formula is C14H20FNOS. The molecule has 0 bridgehead atoms. The number of thioether (sulfide) groups is 1. The Bertz CT molecular complexity index is 365. The van der Waals surface area contributed by atoms with Crippen LogP contribution in [-0.4, -0.2) is 23.7 Å². The van der Waals surface area contributed by atoms with E-state index in [1.807, 2.05) is 11.8 Å². The number of halogens is 1. The number of nitrogens with two attached hydrogens (primary N) is 1. The fraction of sp³-hybridized carbons (Fsp3) is 0.571. The molecule has 1 aliphatic heterocycles. The summed E-state index contributed by atoms with van der Waals surface area (Å²) in [4.78, 5) is 0. The molecule has 0 spiro atoms. The largest absolute Gasteiger partial charge is 0.381 e. The zero-order chi connectivity index (χ0) is 13.0. The normalized spacial score (nSPS) is 20.6. The van der Waals surface area contributed by atoms with Gasteiger partial charge in [0.2, 0.25) is 0 Å². The summed E-state index contributed by atoms with van der Waals surface area (Å²) < 4.78 is 18.2. The third-order valence-electron chi connectivity index (χ3n) is 3.34. The highest BCUT2D eigenvalue weighted by molar-refractivity contribution is 8.00. The lowest BCUT2D eigenvalue weighted by Gasteiger charge is -2.27. The van der Waals surface area contributed by atoms with Crippen molar-refractivity contribution in [2.24, 2.45) is 5.73 Å². The van der Waals surface area contributed by atoms with E-state index in [0.29, 0.717) is 10.5 Å². The number of benzene rings is 1. The van der Waals surface area contributed by atoms with Crippen LogP contribution < -0.4 is 5.73 Å². The molecule has 4 heteroatoms. The number of hydrogen-bond donors (Lipinski definition) is 1. The summed E-state index contributed by atoms with van der Waals surface area (Å²) in [6.45, 7) is 3.86. The van der Waals surface area contributed by atoms with Crippen LogP contribution >= 0.6 is 11.8 Å². The molecule has 2 rings (SSSR count). The monoisotopic (exact) mass is 269 g/mol. The van der Waals surface area contributed by atoms with Gasteiger partial charge in [-0.2, -0.15) is 11.8 Å². The van der Waals surface area contributed by atoms with E-state index in [0.717, 1.165) is 31.6 Å². The van der Waals surface area contributed by atoms with Crippen LogP contribution in [0.15, 0.2) is 24.3 Å². The number of ether oxygens (including phenoxy) is 1. The maximum atomic E-state index is 12.9. The van der Waals surface area contributed by atoms with E-state index in [2.05, 4.69) is 6.92 Å². The first-order valence-electron chi connectivity index (χ1n) is 6.41. The van der Waals surface area contributed by atoms with Gasteiger partial charge in [-0.05, 0) is 30.5 Å². The van der Waals surface area contributed by atoms with E-state index in [1.54, 1.807) is 12.1 Å². The van der Waals surface area contributed by atoms with Gasteiger partial charge in [0.1, 0.15) is 5.82 Å². The Morgan fingerprint density at radius 1 is 1.28 bits per heavy atom. The first-order chi connectivity index (χ1) is 8.66. The molecule has 0 aromatic heterocycles. The third kappa shape index (κ3) is 3.70. The molecular weight excluding hydrogens is 249 g/mol. The minimum atomic E-state index is -0.212. The quantitative estimate of drug-likeness (QED) is 0.912. The van der Waals surface area contributed by atoms with Gasteiger partial charge in [0, 0.05) is 29.8 Å². The molecule has 1 saturated heterocycles. The van der Waals surface area contributed by atoms with Gasteiger partial charge >= 0.3 is 0 Å². The van der Waals surface area contributed by atoms with Crippen molar-refractivity contribution in [2.45, 2.75) is 36.3 Å². The highest BCUT2D eigenvalue weighted by Gasteiger charge is 2.22. The van der Waals surface area contributed by atoms with Crippen molar-refractivity contribution in [3.05, 3.63) is 35.6 Å². The van der Waals surface area contributed by atoms with Gasteiger partial charge in [-0.3, -0.25) is 0 Å².